The molecule has 0 unspecified atom stereocenters. The summed E-state index contributed by atoms with van der Waals surface area (Å²) in [5.74, 6) is -0.334. The molecule has 53 heavy (non-hydrogen) atoms. The van der Waals surface area contributed by atoms with Gasteiger partial charge in [0.2, 0.25) is 17.7 Å². The zero-order chi connectivity index (χ0) is 38.4. The first kappa shape index (κ1) is 43.3. The van der Waals surface area contributed by atoms with Crippen LogP contribution in [-0.4, -0.2) is 130 Å². The number of hydrogen-bond acceptors (Lipinski definition) is 9. The molecule has 1 heterocycles. The lowest BCUT2D eigenvalue weighted by Gasteiger charge is -2.28. The fraction of sp³-hybridized carbons (Fsp3) is 0.625. The molecule has 5 amide bonds. The van der Waals surface area contributed by atoms with Gasteiger partial charge in [0.1, 0.15) is 12.4 Å². The van der Waals surface area contributed by atoms with Gasteiger partial charge in [-0.25, -0.2) is 0 Å². The minimum atomic E-state index is -0.285. The quantitative estimate of drug-likeness (QED) is 0.0871. The Balaban J connectivity index is 1.60. The molecule has 0 bridgehead atoms. The molecule has 13 heteroatoms. The zero-order valence-corrected chi connectivity index (χ0v) is 32.4. The summed E-state index contributed by atoms with van der Waals surface area (Å²) >= 11 is 0. The maximum atomic E-state index is 13.3. The van der Waals surface area contributed by atoms with Crippen molar-refractivity contribution in [1.29, 1.82) is 0 Å². The Kier molecular flexibility index (Phi) is 19.9. The summed E-state index contributed by atoms with van der Waals surface area (Å²) in [6.45, 7) is 13.0. The monoisotopic (exact) mass is 738 g/mol. The molecule has 0 aliphatic carbocycles. The molecule has 0 fully saturated rings. The minimum absolute atomic E-state index is 0.0842. The molecule has 0 spiro atoms. The van der Waals surface area contributed by atoms with Gasteiger partial charge in [0.05, 0.1) is 32.8 Å². The van der Waals surface area contributed by atoms with Gasteiger partial charge in [-0.1, -0.05) is 65.5 Å². The first-order chi connectivity index (χ1) is 25.7. The summed E-state index contributed by atoms with van der Waals surface area (Å²) < 4.78 is 12.2. The number of imide groups is 1. The number of carbonyl (C=O) groups is 5. The van der Waals surface area contributed by atoms with Crippen LogP contribution >= 0.6 is 0 Å². The van der Waals surface area contributed by atoms with Gasteiger partial charge >= 0.3 is 0 Å². The van der Waals surface area contributed by atoms with E-state index in [0.29, 0.717) is 86.7 Å². The van der Waals surface area contributed by atoms with Crippen molar-refractivity contribution in [3.05, 3.63) is 41.5 Å². The number of ether oxygens (including phenoxy) is 2. The van der Waals surface area contributed by atoms with Crippen LogP contribution in [0.5, 0.6) is 5.75 Å². The zero-order valence-electron chi connectivity index (χ0n) is 32.4. The third-order valence-corrected chi connectivity index (χ3v) is 9.11. The van der Waals surface area contributed by atoms with Crippen LogP contribution in [0.3, 0.4) is 0 Å². The van der Waals surface area contributed by atoms with Crippen LogP contribution in [0.2, 0.25) is 0 Å². The van der Waals surface area contributed by atoms with E-state index in [1.54, 1.807) is 23.1 Å². The van der Waals surface area contributed by atoms with Gasteiger partial charge in [-0.3, -0.25) is 38.7 Å². The van der Waals surface area contributed by atoms with Crippen molar-refractivity contribution in [3.8, 4) is 5.75 Å². The van der Waals surface area contributed by atoms with Crippen LogP contribution in [0.15, 0.2) is 30.3 Å². The third-order valence-electron chi connectivity index (χ3n) is 9.11. The van der Waals surface area contributed by atoms with Gasteiger partial charge in [0, 0.05) is 67.7 Å². The molecule has 3 N–H and O–H groups in total. The summed E-state index contributed by atoms with van der Waals surface area (Å²) in [4.78, 5) is 69.5. The van der Waals surface area contributed by atoms with E-state index in [9.17, 15) is 24.0 Å². The Bertz CT molecular complexity index is 1440. The number of nitrogens with one attached hydrogen (secondary N) is 3. The molecule has 13 nitrogen and oxygen atoms in total. The highest BCUT2D eigenvalue weighted by Crippen LogP contribution is 2.35. The molecule has 2 aromatic rings. The van der Waals surface area contributed by atoms with E-state index in [0.717, 1.165) is 51.4 Å². The number of carbonyl (C=O) groups excluding carboxylic acids is 5. The van der Waals surface area contributed by atoms with Crippen molar-refractivity contribution in [2.45, 2.75) is 79.1 Å². The Morgan fingerprint density at radius 1 is 0.623 bits per heavy atom. The van der Waals surface area contributed by atoms with E-state index in [1.807, 2.05) is 24.0 Å². The standard InChI is InChI=1S/C40H62N6O7/c1-5-9-18-41-35(47)28-44(22-25-52-26-23-45(29-36(48)42-19-10-6-2)30-37(49)43-20-11-7-3)24-27-53-34-17-16-33-38-31(34)14-13-15-32(38)39(50)46(40(33)51)21-12-8-4/h13-17H,5-12,18-30H2,1-4H3,(H,41,47)(H,42,48)(H,43,49). The summed E-state index contributed by atoms with van der Waals surface area (Å²) in [5.41, 5.74) is 0.989. The topological polar surface area (TPSA) is 150 Å². The van der Waals surface area contributed by atoms with Crippen LogP contribution in [0.4, 0.5) is 0 Å². The van der Waals surface area contributed by atoms with E-state index in [1.165, 1.54) is 4.90 Å². The Morgan fingerprint density at radius 2 is 1.11 bits per heavy atom. The second-order valence-electron chi connectivity index (χ2n) is 13.5. The van der Waals surface area contributed by atoms with E-state index >= 15 is 0 Å². The number of rotatable bonds is 28. The molecule has 0 saturated heterocycles. The fourth-order valence-corrected chi connectivity index (χ4v) is 6.01. The van der Waals surface area contributed by atoms with Gasteiger partial charge in [-0.05, 0) is 43.9 Å². The molecule has 0 saturated carbocycles. The number of benzene rings is 2. The smallest absolute Gasteiger partial charge is 0.261 e. The lowest BCUT2D eigenvalue weighted by molar-refractivity contribution is -0.125. The van der Waals surface area contributed by atoms with Gasteiger partial charge in [0.25, 0.3) is 11.8 Å². The SMILES string of the molecule is CCCCNC(=O)CN(CCOCCN(CC(=O)NCCCC)CC(=O)NCCCC)CCOc1ccc2c3c(cccc13)C(=O)N(CCCC)C2=O. The number of nitrogens with zero attached hydrogens (tertiary/aromatic N) is 3. The highest BCUT2D eigenvalue weighted by Gasteiger charge is 2.33. The van der Waals surface area contributed by atoms with Crippen molar-refractivity contribution in [2.24, 2.45) is 0 Å². The maximum absolute atomic E-state index is 13.3. The van der Waals surface area contributed by atoms with Crippen LogP contribution in [0.25, 0.3) is 10.8 Å². The molecule has 1 aliphatic rings. The second kappa shape index (κ2) is 24.3. The van der Waals surface area contributed by atoms with Crippen LogP contribution in [0.1, 0.15) is 99.8 Å². The molecule has 3 rings (SSSR count). The lowest BCUT2D eigenvalue weighted by atomic mass is 9.93. The predicted molar refractivity (Wildman–Crippen MR) is 207 cm³/mol. The van der Waals surface area contributed by atoms with E-state index in [4.69, 9.17) is 9.47 Å². The fourth-order valence-electron chi connectivity index (χ4n) is 6.01. The predicted octanol–water partition coefficient (Wildman–Crippen LogP) is 3.98. The second-order valence-corrected chi connectivity index (χ2v) is 13.5. The normalized spacial score (nSPS) is 12.5. The van der Waals surface area contributed by atoms with Gasteiger partial charge in [-0.2, -0.15) is 0 Å². The average molecular weight is 739 g/mol. The van der Waals surface area contributed by atoms with Gasteiger partial charge in [-0.15, -0.1) is 0 Å². The molecule has 0 atom stereocenters. The summed E-state index contributed by atoms with van der Waals surface area (Å²) in [6, 6.07) is 8.93. The van der Waals surface area contributed by atoms with E-state index in [2.05, 4.69) is 36.7 Å². The van der Waals surface area contributed by atoms with Crippen molar-refractivity contribution in [1.82, 2.24) is 30.7 Å². The highest BCUT2D eigenvalue weighted by atomic mass is 16.5. The molecule has 0 radical (unpaired) electrons. The maximum Gasteiger partial charge on any atom is 0.261 e. The highest BCUT2D eigenvalue weighted by molar-refractivity contribution is 6.26. The Labute approximate surface area is 315 Å². The third kappa shape index (κ3) is 14.4. The molecule has 1 aliphatic heterocycles. The van der Waals surface area contributed by atoms with E-state index < -0.39 is 0 Å². The average Bonchev–Trinajstić information content (AvgIpc) is 3.14. The molecule has 294 valence electrons. The largest absolute Gasteiger partial charge is 0.492 e. The van der Waals surface area contributed by atoms with Crippen molar-refractivity contribution in [2.75, 3.05) is 85.3 Å². The van der Waals surface area contributed by atoms with Crippen molar-refractivity contribution < 1.29 is 33.4 Å². The summed E-state index contributed by atoms with van der Waals surface area (Å²) in [6.07, 6.45) is 7.25. The summed E-state index contributed by atoms with van der Waals surface area (Å²) in [5, 5.41) is 10.1. The van der Waals surface area contributed by atoms with Crippen LogP contribution < -0.4 is 20.7 Å². The van der Waals surface area contributed by atoms with Crippen molar-refractivity contribution >= 4 is 40.3 Å². The van der Waals surface area contributed by atoms with Gasteiger partial charge in [0.15, 0.2) is 0 Å². The van der Waals surface area contributed by atoms with Crippen LogP contribution in [0, 0.1) is 0 Å². The number of amides is 5. The first-order valence-corrected chi connectivity index (χ1v) is 19.6. The Hall–Kier alpha value is -4.07. The molecular formula is C40H62N6O7. The molecule has 2 aromatic carbocycles. The molecular weight excluding hydrogens is 676 g/mol. The van der Waals surface area contributed by atoms with Gasteiger partial charge < -0.3 is 25.4 Å². The summed E-state index contributed by atoms with van der Waals surface area (Å²) in [7, 11) is 0. The van der Waals surface area contributed by atoms with Crippen molar-refractivity contribution in [3.63, 3.8) is 0 Å². The van der Waals surface area contributed by atoms with Crippen LogP contribution in [-0.2, 0) is 19.1 Å². The first-order valence-electron chi connectivity index (χ1n) is 19.6. The molecule has 0 aromatic heterocycles. The minimum Gasteiger partial charge on any atom is -0.492 e. The lowest BCUT2D eigenvalue weighted by Crippen LogP contribution is -2.44. The van der Waals surface area contributed by atoms with E-state index in [-0.39, 0.29) is 55.8 Å². The number of unbranched alkanes of at least 4 members (excludes halogenated alkanes) is 4. The number of hydrogen-bond donors (Lipinski definition) is 3. The Morgan fingerprint density at radius 3 is 1.66 bits per heavy atom.